The maximum atomic E-state index is 14.0. The third kappa shape index (κ3) is 5.47. The number of ether oxygens (including phenoxy) is 1. The first kappa shape index (κ1) is 19.8. The van der Waals surface area contributed by atoms with Crippen molar-refractivity contribution in [3.63, 3.8) is 0 Å². The minimum absolute atomic E-state index is 0.0992. The van der Waals surface area contributed by atoms with E-state index < -0.39 is 12.2 Å². The molecule has 0 aliphatic carbocycles. The summed E-state index contributed by atoms with van der Waals surface area (Å²) < 4.78 is 55.8. The maximum absolute atomic E-state index is 14.0. The van der Waals surface area contributed by atoms with Gasteiger partial charge in [-0.05, 0) is 48.7 Å². The fourth-order valence-corrected chi connectivity index (χ4v) is 2.36. The number of para-hydroxylation sites is 1. The fraction of sp³-hybridized carbons (Fsp3) is 0.316. The zero-order valence-corrected chi connectivity index (χ0v) is 14.8. The van der Waals surface area contributed by atoms with Gasteiger partial charge < -0.3 is 9.64 Å². The van der Waals surface area contributed by atoms with E-state index in [2.05, 4.69) is 9.73 Å². The Bertz CT molecular complexity index is 788. The van der Waals surface area contributed by atoms with E-state index in [1.807, 2.05) is 18.9 Å². The lowest BCUT2D eigenvalue weighted by Crippen LogP contribution is -2.18. The highest BCUT2D eigenvalue weighted by Crippen LogP contribution is 2.31. The second-order valence-corrected chi connectivity index (χ2v) is 5.86. The fourth-order valence-electron chi connectivity index (χ4n) is 2.36. The monoisotopic (exact) mass is 368 g/mol. The van der Waals surface area contributed by atoms with Crippen LogP contribution in [0.3, 0.4) is 0 Å². The molecule has 0 N–H and O–H groups in total. The van der Waals surface area contributed by atoms with Gasteiger partial charge in [-0.1, -0.05) is 18.2 Å². The molecule has 0 saturated carbocycles. The predicted octanol–water partition coefficient (Wildman–Crippen LogP) is 5.24. The lowest BCUT2D eigenvalue weighted by atomic mass is 9.98. The molecule has 0 amide bonds. The quantitative estimate of drug-likeness (QED) is 0.396. The molecule has 0 saturated heterocycles. The van der Waals surface area contributed by atoms with Crippen molar-refractivity contribution in [1.82, 2.24) is 4.90 Å². The molecule has 0 spiro atoms. The van der Waals surface area contributed by atoms with Gasteiger partial charge in [0.1, 0.15) is 11.6 Å². The number of benzene rings is 2. The highest BCUT2D eigenvalue weighted by Gasteiger charge is 2.32. The molecule has 3 nitrogen and oxygen atoms in total. The summed E-state index contributed by atoms with van der Waals surface area (Å²) in [5.74, 6) is -0.787. The lowest BCUT2D eigenvalue weighted by Gasteiger charge is -2.15. The highest BCUT2D eigenvalue weighted by molar-refractivity contribution is 5.64. The lowest BCUT2D eigenvalue weighted by molar-refractivity contribution is -0.274. The third-order valence-corrected chi connectivity index (χ3v) is 3.92. The largest absolute Gasteiger partial charge is 0.573 e. The summed E-state index contributed by atoms with van der Waals surface area (Å²) >= 11 is 0. The molecular formula is C19H20F4N2O. The van der Waals surface area contributed by atoms with Gasteiger partial charge in [-0.2, -0.15) is 0 Å². The van der Waals surface area contributed by atoms with Crippen LogP contribution in [-0.4, -0.2) is 31.2 Å². The van der Waals surface area contributed by atoms with Gasteiger partial charge in [-0.3, -0.25) is 0 Å². The van der Waals surface area contributed by atoms with E-state index in [-0.39, 0.29) is 12.2 Å². The molecule has 26 heavy (non-hydrogen) atoms. The van der Waals surface area contributed by atoms with Crippen molar-refractivity contribution in [3.05, 3.63) is 58.9 Å². The van der Waals surface area contributed by atoms with Crippen molar-refractivity contribution in [3.8, 4) is 5.75 Å². The first-order valence-electron chi connectivity index (χ1n) is 8.06. The van der Waals surface area contributed by atoms with Crippen LogP contribution in [0.2, 0.25) is 0 Å². The molecule has 0 unspecified atom stereocenters. The Morgan fingerprint density at radius 2 is 1.85 bits per heavy atom. The number of nitrogens with zero attached hydrogens (tertiary/aromatic N) is 2. The Labute approximate surface area is 149 Å². The summed E-state index contributed by atoms with van der Waals surface area (Å²) in [4.78, 5) is 6.10. The van der Waals surface area contributed by atoms with E-state index in [0.29, 0.717) is 22.4 Å². The molecule has 0 radical (unpaired) electrons. The summed E-state index contributed by atoms with van der Waals surface area (Å²) in [7, 11) is 1.84. The standard InChI is InChI=1S/C19H20F4N2O/c1-4-25(3)12-24-17-11-16(20)10-15(13(17)2)9-14-7-5-6-8-18(14)26-19(21,22)23/h5-8,10-12H,4,9H2,1-3H3. The molecule has 2 rings (SSSR count). The van der Waals surface area contributed by atoms with Crippen molar-refractivity contribution >= 4 is 12.0 Å². The van der Waals surface area contributed by atoms with Crippen molar-refractivity contribution in [2.45, 2.75) is 26.6 Å². The average molecular weight is 368 g/mol. The number of hydrogen-bond acceptors (Lipinski definition) is 2. The van der Waals surface area contributed by atoms with Crippen LogP contribution in [0.15, 0.2) is 41.4 Å². The number of alkyl halides is 3. The van der Waals surface area contributed by atoms with Crippen LogP contribution in [0.1, 0.15) is 23.6 Å². The van der Waals surface area contributed by atoms with Crippen LogP contribution in [-0.2, 0) is 6.42 Å². The average Bonchev–Trinajstić information content (AvgIpc) is 2.56. The molecule has 0 fully saturated rings. The zero-order valence-electron chi connectivity index (χ0n) is 14.8. The van der Waals surface area contributed by atoms with Crippen LogP contribution in [0.4, 0.5) is 23.2 Å². The van der Waals surface area contributed by atoms with Gasteiger partial charge >= 0.3 is 6.36 Å². The van der Waals surface area contributed by atoms with Gasteiger partial charge in [0.2, 0.25) is 0 Å². The van der Waals surface area contributed by atoms with Gasteiger partial charge in [0.15, 0.2) is 0 Å². The van der Waals surface area contributed by atoms with Crippen molar-refractivity contribution in [1.29, 1.82) is 0 Å². The molecule has 140 valence electrons. The molecule has 2 aromatic carbocycles. The molecule has 0 aromatic heterocycles. The summed E-state index contributed by atoms with van der Waals surface area (Å²) in [5, 5.41) is 0. The van der Waals surface area contributed by atoms with Crippen LogP contribution < -0.4 is 4.74 Å². The molecule has 7 heteroatoms. The van der Waals surface area contributed by atoms with Gasteiger partial charge in [0.25, 0.3) is 0 Å². The first-order chi connectivity index (χ1) is 12.2. The number of rotatable bonds is 6. The van der Waals surface area contributed by atoms with E-state index in [4.69, 9.17) is 0 Å². The molecule has 0 bridgehead atoms. The van der Waals surface area contributed by atoms with Crippen LogP contribution in [0, 0.1) is 12.7 Å². The van der Waals surface area contributed by atoms with E-state index in [0.717, 1.165) is 6.54 Å². The van der Waals surface area contributed by atoms with E-state index in [9.17, 15) is 17.6 Å². The van der Waals surface area contributed by atoms with Crippen molar-refractivity contribution in [2.75, 3.05) is 13.6 Å². The van der Waals surface area contributed by atoms with E-state index in [1.165, 1.54) is 30.3 Å². The Hall–Kier alpha value is -2.57. The number of aliphatic imine (C=N–C) groups is 1. The highest BCUT2D eigenvalue weighted by atomic mass is 19.4. The molecule has 0 heterocycles. The second-order valence-electron chi connectivity index (χ2n) is 5.86. The molecule has 0 aliphatic heterocycles. The smallest absolute Gasteiger partial charge is 0.405 e. The minimum Gasteiger partial charge on any atom is -0.405 e. The van der Waals surface area contributed by atoms with E-state index in [1.54, 1.807) is 19.3 Å². The van der Waals surface area contributed by atoms with Crippen LogP contribution in [0.25, 0.3) is 0 Å². The maximum Gasteiger partial charge on any atom is 0.573 e. The van der Waals surface area contributed by atoms with Gasteiger partial charge in [0.05, 0.1) is 12.0 Å². The van der Waals surface area contributed by atoms with Gasteiger partial charge in [0, 0.05) is 20.0 Å². The molecule has 0 atom stereocenters. The zero-order chi connectivity index (χ0) is 19.3. The summed E-state index contributed by atoms with van der Waals surface area (Å²) in [6, 6.07) is 8.45. The molecular weight excluding hydrogens is 348 g/mol. The second kappa shape index (κ2) is 8.21. The minimum atomic E-state index is -4.78. The normalized spacial score (nSPS) is 11.8. The van der Waals surface area contributed by atoms with Crippen molar-refractivity contribution < 1.29 is 22.3 Å². The van der Waals surface area contributed by atoms with Crippen LogP contribution in [0.5, 0.6) is 5.75 Å². The van der Waals surface area contributed by atoms with E-state index >= 15 is 0 Å². The summed E-state index contributed by atoms with van der Waals surface area (Å²) in [5.41, 5.74) is 2.01. The molecule has 2 aromatic rings. The number of halogens is 4. The van der Waals surface area contributed by atoms with Crippen molar-refractivity contribution in [2.24, 2.45) is 4.99 Å². The SMILES string of the molecule is CCN(C)C=Nc1cc(F)cc(Cc2ccccc2OC(F)(F)F)c1C. The Balaban J connectivity index is 2.36. The Kier molecular flexibility index (Phi) is 6.23. The van der Waals surface area contributed by atoms with Gasteiger partial charge in [-0.25, -0.2) is 9.38 Å². The summed E-state index contributed by atoms with van der Waals surface area (Å²) in [6.45, 7) is 4.46. The Morgan fingerprint density at radius 1 is 1.15 bits per heavy atom. The van der Waals surface area contributed by atoms with Crippen LogP contribution >= 0.6 is 0 Å². The third-order valence-electron chi connectivity index (χ3n) is 3.92. The first-order valence-corrected chi connectivity index (χ1v) is 8.06. The topological polar surface area (TPSA) is 24.8 Å². The predicted molar refractivity (Wildman–Crippen MR) is 93.5 cm³/mol. The summed E-state index contributed by atoms with van der Waals surface area (Å²) in [6.07, 6.45) is -3.10. The Morgan fingerprint density at radius 3 is 2.50 bits per heavy atom. The number of hydrogen-bond donors (Lipinski definition) is 0. The molecule has 0 aliphatic rings. The van der Waals surface area contributed by atoms with Gasteiger partial charge in [-0.15, -0.1) is 13.2 Å².